The summed E-state index contributed by atoms with van der Waals surface area (Å²) in [5.41, 5.74) is 2.60. The lowest BCUT2D eigenvalue weighted by atomic mass is 9.96. The second-order valence-corrected chi connectivity index (χ2v) is 7.26. The van der Waals surface area contributed by atoms with Gasteiger partial charge in [0.1, 0.15) is 5.25 Å². The monoisotopic (exact) mass is 304 g/mol. The van der Waals surface area contributed by atoms with Gasteiger partial charge in [0.15, 0.2) is 0 Å². The zero-order valence-electron chi connectivity index (χ0n) is 12.7. The summed E-state index contributed by atoms with van der Waals surface area (Å²) < 4.78 is 0. The number of hydrogen-bond acceptors (Lipinski definition) is 3. The molecule has 3 nitrogen and oxygen atoms in total. The highest BCUT2D eigenvalue weighted by Gasteiger charge is 2.32. The quantitative estimate of drug-likeness (QED) is 0.931. The Morgan fingerprint density at radius 3 is 3.14 bits per heavy atom. The molecule has 4 heteroatoms. The van der Waals surface area contributed by atoms with E-state index in [1.807, 2.05) is 18.8 Å². The Labute approximate surface area is 131 Å². The van der Waals surface area contributed by atoms with Crippen LogP contribution in [0.5, 0.6) is 0 Å². The molecule has 1 aromatic carbocycles. The highest BCUT2D eigenvalue weighted by molar-refractivity contribution is 8.00. The molecule has 21 heavy (non-hydrogen) atoms. The van der Waals surface area contributed by atoms with E-state index in [4.69, 9.17) is 0 Å². The molecule has 2 atom stereocenters. The van der Waals surface area contributed by atoms with Crippen molar-refractivity contribution in [2.24, 2.45) is 5.92 Å². The van der Waals surface area contributed by atoms with Crippen LogP contribution in [0, 0.1) is 5.92 Å². The summed E-state index contributed by atoms with van der Waals surface area (Å²) in [4.78, 5) is 15.1. The van der Waals surface area contributed by atoms with Gasteiger partial charge in [-0.05, 0) is 55.7 Å². The molecule has 3 rings (SSSR count). The lowest BCUT2D eigenvalue weighted by molar-refractivity contribution is -0.132. The Kier molecular flexibility index (Phi) is 4.86. The number of aryl methyl sites for hydroxylation is 1. The van der Waals surface area contributed by atoms with Crippen LogP contribution >= 0.6 is 11.8 Å². The van der Waals surface area contributed by atoms with Crippen LogP contribution in [0.15, 0.2) is 24.3 Å². The van der Waals surface area contributed by atoms with E-state index in [-0.39, 0.29) is 5.25 Å². The van der Waals surface area contributed by atoms with Gasteiger partial charge in [0, 0.05) is 13.1 Å². The Balaban J connectivity index is 1.74. The average molecular weight is 304 g/mol. The molecule has 0 spiro atoms. The van der Waals surface area contributed by atoms with E-state index in [1.165, 1.54) is 17.5 Å². The van der Waals surface area contributed by atoms with Crippen molar-refractivity contribution in [1.82, 2.24) is 10.2 Å². The molecule has 1 aromatic rings. The lowest BCUT2D eigenvalue weighted by Crippen LogP contribution is -2.44. The summed E-state index contributed by atoms with van der Waals surface area (Å²) in [6.45, 7) is 2.86. The molecule has 0 saturated carbocycles. The Morgan fingerprint density at radius 1 is 1.43 bits per heavy atom. The Morgan fingerprint density at radius 2 is 2.29 bits per heavy atom. The smallest absolute Gasteiger partial charge is 0.240 e. The second-order valence-electron chi connectivity index (χ2n) is 6.05. The first-order valence-electron chi connectivity index (χ1n) is 7.92. The normalized spacial score (nSPS) is 25.5. The summed E-state index contributed by atoms with van der Waals surface area (Å²) in [7, 11) is 1.99. The molecule has 0 aliphatic carbocycles. The number of rotatable bonds is 3. The maximum atomic E-state index is 13.0. The molecule has 0 bridgehead atoms. The number of thioether (sulfide) groups is 1. The minimum Gasteiger partial charge on any atom is -0.341 e. The van der Waals surface area contributed by atoms with Crippen molar-refractivity contribution in [3.63, 3.8) is 0 Å². The van der Waals surface area contributed by atoms with Crippen molar-refractivity contribution < 1.29 is 4.79 Å². The van der Waals surface area contributed by atoms with Crippen molar-refractivity contribution in [3.8, 4) is 0 Å². The molecule has 2 aliphatic rings. The van der Waals surface area contributed by atoms with E-state index in [0.717, 1.165) is 38.2 Å². The fourth-order valence-electron chi connectivity index (χ4n) is 3.48. The number of carbonyl (C=O) groups excluding carboxylic acids is 1. The molecular formula is C17H24N2OS. The molecule has 0 radical (unpaired) electrons. The van der Waals surface area contributed by atoms with Gasteiger partial charge in [-0.1, -0.05) is 24.3 Å². The van der Waals surface area contributed by atoms with E-state index in [2.05, 4.69) is 34.5 Å². The first-order chi connectivity index (χ1) is 10.3. The van der Waals surface area contributed by atoms with Crippen LogP contribution in [0.2, 0.25) is 0 Å². The molecule has 1 amide bonds. The van der Waals surface area contributed by atoms with Gasteiger partial charge in [0.05, 0.1) is 0 Å². The van der Waals surface area contributed by atoms with E-state index in [1.54, 1.807) is 0 Å². The second kappa shape index (κ2) is 6.84. The first kappa shape index (κ1) is 14.9. The molecule has 1 N–H and O–H groups in total. The standard InChI is InChI=1S/C17H24N2OS/c1-18-11-13-5-4-9-19(12-13)17(20)16-15-7-3-2-6-14(15)8-10-21-16/h2-3,6-7,13,16,18H,4-5,8-12H2,1H3/t13-,16+/m0/s1. The molecule has 114 valence electrons. The van der Waals surface area contributed by atoms with Crippen LogP contribution in [0.25, 0.3) is 0 Å². The molecule has 0 aromatic heterocycles. The lowest BCUT2D eigenvalue weighted by Gasteiger charge is -2.36. The highest BCUT2D eigenvalue weighted by atomic mass is 32.2. The summed E-state index contributed by atoms with van der Waals surface area (Å²) in [5, 5.41) is 3.27. The SMILES string of the molecule is CNC[C@@H]1CCCN(C(=O)[C@@H]2SCCc3ccccc32)C1. The number of nitrogens with one attached hydrogen (secondary N) is 1. The number of benzene rings is 1. The number of fused-ring (bicyclic) bond motifs is 1. The fourth-order valence-corrected chi connectivity index (χ4v) is 4.76. The third-order valence-corrected chi connectivity index (χ3v) is 5.77. The van der Waals surface area contributed by atoms with Crippen LogP contribution in [0.4, 0.5) is 0 Å². The molecule has 2 heterocycles. The number of likely N-dealkylation sites (tertiary alicyclic amines) is 1. The highest BCUT2D eigenvalue weighted by Crippen LogP contribution is 2.38. The van der Waals surface area contributed by atoms with Gasteiger partial charge < -0.3 is 10.2 Å². The van der Waals surface area contributed by atoms with Crippen LogP contribution in [0.1, 0.15) is 29.2 Å². The van der Waals surface area contributed by atoms with Gasteiger partial charge in [0.2, 0.25) is 5.91 Å². The van der Waals surface area contributed by atoms with Gasteiger partial charge in [-0.3, -0.25) is 4.79 Å². The van der Waals surface area contributed by atoms with Gasteiger partial charge in [-0.15, -0.1) is 11.8 Å². The summed E-state index contributed by atoms with van der Waals surface area (Å²) >= 11 is 1.82. The van der Waals surface area contributed by atoms with Crippen LogP contribution in [0.3, 0.4) is 0 Å². The minimum absolute atomic E-state index is 0.0169. The molecule has 1 saturated heterocycles. The van der Waals surface area contributed by atoms with Gasteiger partial charge in [-0.25, -0.2) is 0 Å². The van der Waals surface area contributed by atoms with E-state index < -0.39 is 0 Å². The third kappa shape index (κ3) is 3.27. The predicted octanol–water partition coefficient (Wildman–Crippen LogP) is 2.48. The van der Waals surface area contributed by atoms with Crippen molar-refractivity contribution >= 4 is 17.7 Å². The third-order valence-electron chi connectivity index (χ3n) is 4.54. The zero-order valence-corrected chi connectivity index (χ0v) is 13.5. The van der Waals surface area contributed by atoms with Crippen LogP contribution in [-0.4, -0.2) is 43.2 Å². The van der Waals surface area contributed by atoms with Crippen molar-refractivity contribution in [2.45, 2.75) is 24.5 Å². The molecule has 2 aliphatic heterocycles. The number of carbonyl (C=O) groups is 1. The maximum Gasteiger partial charge on any atom is 0.240 e. The molecule has 0 unspecified atom stereocenters. The van der Waals surface area contributed by atoms with E-state index >= 15 is 0 Å². The summed E-state index contributed by atoms with van der Waals surface area (Å²) in [5.74, 6) is 1.99. The molecular weight excluding hydrogens is 280 g/mol. The zero-order chi connectivity index (χ0) is 14.7. The van der Waals surface area contributed by atoms with Gasteiger partial charge >= 0.3 is 0 Å². The van der Waals surface area contributed by atoms with Crippen molar-refractivity contribution in [3.05, 3.63) is 35.4 Å². The summed E-state index contributed by atoms with van der Waals surface area (Å²) in [6, 6.07) is 8.46. The minimum atomic E-state index is 0.0169. The largest absolute Gasteiger partial charge is 0.341 e. The number of hydrogen-bond donors (Lipinski definition) is 1. The van der Waals surface area contributed by atoms with Crippen molar-refractivity contribution in [2.75, 3.05) is 32.4 Å². The topological polar surface area (TPSA) is 32.3 Å². The maximum absolute atomic E-state index is 13.0. The number of piperidine rings is 1. The first-order valence-corrected chi connectivity index (χ1v) is 8.97. The number of amides is 1. The van der Waals surface area contributed by atoms with Crippen LogP contribution in [-0.2, 0) is 11.2 Å². The Bertz CT molecular complexity index is 503. The summed E-state index contributed by atoms with van der Waals surface area (Å²) in [6.07, 6.45) is 3.46. The van der Waals surface area contributed by atoms with Gasteiger partial charge in [0.25, 0.3) is 0 Å². The van der Waals surface area contributed by atoms with Crippen LogP contribution < -0.4 is 5.32 Å². The van der Waals surface area contributed by atoms with Gasteiger partial charge in [-0.2, -0.15) is 0 Å². The average Bonchev–Trinajstić information content (AvgIpc) is 2.54. The molecule has 1 fully saturated rings. The number of nitrogens with zero attached hydrogens (tertiary/aromatic N) is 1. The predicted molar refractivity (Wildman–Crippen MR) is 88.6 cm³/mol. The fraction of sp³-hybridized carbons (Fsp3) is 0.588. The van der Waals surface area contributed by atoms with E-state index in [0.29, 0.717) is 11.8 Å². The Hall–Kier alpha value is -1.00. The van der Waals surface area contributed by atoms with Crippen molar-refractivity contribution in [1.29, 1.82) is 0 Å². The van der Waals surface area contributed by atoms with E-state index in [9.17, 15) is 4.79 Å².